The fourth-order valence-corrected chi connectivity index (χ4v) is 3.53. The van der Waals surface area contributed by atoms with E-state index in [-0.39, 0.29) is 18.0 Å². The zero-order valence-electron chi connectivity index (χ0n) is 14.3. The van der Waals surface area contributed by atoms with Crippen molar-refractivity contribution in [2.45, 2.75) is 58.8 Å². The van der Waals surface area contributed by atoms with Crippen molar-refractivity contribution in [1.29, 1.82) is 0 Å². The van der Waals surface area contributed by atoms with Crippen LogP contribution in [0.2, 0.25) is 0 Å². The summed E-state index contributed by atoms with van der Waals surface area (Å²) < 4.78 is 56.6. The van der Waals surface area contributed by atoms with E-state index in [9.17, 15) is 27.2 Å². The summed E-state index contributed by atoms with van der Waals surface area (Å²) in [5.41, 5.74) is -0.574. The molecule has 0 saturated heterocycles. The molecule has 2 atom stereocenters. The number of amides is 1. The van der Waals surface area contributed by atoms with Gasteiger partial charge in [0.15, 0.2) is 6.61 Å². The molecular formula is C15H22F4N2O4. The monoisotopic (exact) mass is 370 g/mol. The van der Waals surface area contributed by atoms with Crippen LogP contribution in [0.3, 0.4) is 0 Å². The van der Waals surface area contributed by atoms with E-state index in [1.165, 1.54) is 6.08 Å². The van der Waals surface area contributed by atoms with E-state index in [2.05, 4.69) is 19.8 Å². The number of hydrogen-bond donors (Lipinski definition) is 1. The van der Waals surface area contributed by atoms with Crippen LogP contribution in [0.1, 0.15) is 40.0 Å². The fourth-order valence-electron chi connectivity index (χ4n) is 3.53. The van der Waals surface area contributed by atoms with Crippen LogP contribution in [0.4, 0.5) is 22.4 Å². The Balaban J connectivity index is 2.54. The number of halogens is 4. The summed E-state index contributed by atoms with van der Waals surface area (Å²) in [7, 11) is 0. The topological polar surface area (TPSA) is 77.0 Å². The summed E-state index contributed by atoms with van der Waals surface area (Å²) in [6.07, 6.45) is -2.00. The second-order valence-corrected chi connectivity index (χ2v) is 7.38. The van der Waals surface area contributed by atoms with E-state index < -0.39 is 30.8 Å². The first-order chi connectivity index (χ1) is 11.4. The molecule has 0 radical (unpaired) electrons. The van der Waals surface area contributed by atoms with Gasteiger partial charge in [-0.25, -0.2) is 14.6 Å². The predicted octanol–water partition coefficient (Wildman–Crippen LogP) is 3.47. The Morgan fingerprint density at radius 1 is 1.36 bits per heavy atom. The Labute approximate surface area is 143 Å². The van der Waals surface area contributed by atoms with Gasteiger partial charge < -0.3 is 10.1 Å². The van der Waals surface area contributed by atoms with E-state index in [4.69, 9.17) is 0 Å². The summed E-state index contributed by atoms with van der Waals surface area (Å²) in [5.74, 6) is 0. The first kappa shape index (κ1) is 21.4. The highest BCUT2D eigenvalue weighted by atomic mass is 19.3. The lowest BCUT2D eigenvalue weighted by Gasteiger charge is -2.45. The molecule has 1 rings (SSSR count). The highest BCUT2D eigenvalue weighted by molar-refractivity contribution is 5.67. The Bertz CT molecular complexity index is 524. The van der Waals surface area contributed by atoms with Gasteiger partial charge in [0.2, 0.25) is 6.08 Å². The van der Waals surface area contributed by atoms with Crippen LogP contribution in [0.15, 0.2) is 4.99 Å². The number of nitrogens with one attached hydrogen (secondary N) is 1. The number of rotatable bonds is 7. The number of aliphatic imine (C=N–C) groups is 1. The third kappa shape index (κ3) is 7.83. The molecule has 0 aromatic heterocycles. The summed E-state index contributed by atoms with van der Waals surface area (Å²) in [4.78, 5) is 25.8. The fraction of sp³-hybridized carbons (Fsp3) is 0.867. The molecule has 144 valence electrons. The third-order valence-corrected chi connectivity index (χ3v) is 3.95. The van der Waals surface area contributed by atoms with Crippen molar-refractivity contribution in [3.05, 3.63) is 0 Å². The van der Waals surface area contributed by atoms with Crippen molar-refractivity contribution >= 4 is 12.2 Å². The molecule has 6 nitrogen and oxygen atoms in total. The van der Waals surface area contributed by atoms with Crippen LogP contribution in [0.25, 0.3) is 0 Å². The summed E-state index contributed by atoms with van der Waals surface area (Å²) in [6, 6.07) is -0.243. The molecule has 0 aliphatic heterocycles. The van der Waals surface area contributed by atoms with Crippen LogP contribution < -0.4 is 5.32 Å². The van der Waals surface area contributed by atoms with Crippen molar-refractivity contribution in [2.24, 2.45) is 15.8 Å². The van der Waals surface area contributed by atoms with Crippen LogP contribution in [0.5, 0.6) is 0 Å². The molecule has 0 aromatic rings. The molecule has 1 aliphatic carbocycles. The van der Waals surface area contributed by atoms with Gasteiger partial charge in [-0.2, -0.15) is 17.6 Å². The van der Waals surface area contributed by atoms with E-state index >= 15 is 0 Å². The first-order valence-corrected chi connectivity index (χ1v) is 7.68. The maximum Gasteiger partial charge on any atom is 0.407 e. The Hall–Kier alpha value is -1.67. The highest BCUT2D eigenvalue weighted by Crippen LogP contribution is 2.46. The molecule has 0 spiro atoms. The summed E-state index contributed by atoms with van der Waals surface area (Å²) >= 11 is 0. The van der Waals surface area contributed by atoms with Gasteiger partial charge in [-0.3, -0.25) is 4.74 Å². The molecule has 1 N–H and O–H groups in total. The molecular weight excluding hydrogens is 348 g/mol. The third-order valence-electron chi connectivity index (χ3n) is 3.95. The molecule has 1 saturated carbocycles. The molecule has 0 heterocycles. The van der Waals surface area contributed by atoms with Gasteiger partial charge in [-0.1, -0.05) is 20.8 Å². The Morgan fingerprint density at radius 3 is 2.56 bits per heavy atom. The van der Waals surface area contributed by atoms with Crippen molar-refractivity contribution in [2.75, 3.05) is 13.2 Å². The van der Waals surface area contributed by atoms with Gasteiger partial charge in [0.05, 0.1) is 6.04 Å². The number of nitrogens with zero attached hydrogens (tertiary/aromatic N) is 1. The second-order valence-electron chi connectivity index (χ2n) is 7.38. The number of alkyl halides is 4. The minimum Gasteiger partial charge on any atom is -0.440 e. The Morgan fingerprint density at radius 2 is 2.00 bits per heavy atom. The number of ether oxygens (including phenoxy) is 2. The molecule has 1 amide bonds. The summed E-state index contributed by atoms with van der Waals surface area (Å²) in [6.45, 7) is 0.664. The molecule has 0 aromatic carbocycles. The first-order valence-electron chi connectivity index (χ1n) is 7.68. The number of carbonyl (C=O) groups is 1. The minimum atomic E-state index is -4.27. The Kier molecular flexibility index (Phi) is 6.96. The molecule has 0 bridgehead atoms. The average molecular weight is 370 g/mol. The molecule has 1 fully saturated rings. The van der Waals surface area contributed by atoms with Crippen LogP contribution >= 0.6 is 0 Å². The minimum absolute atomic E-state index is 0.0986. The maximum absolute atomic E-state index is 12.9. The number of isocyanates is 1. The van der Waals surface area contributed by atoms with Crippen molar-refractivity contribution in [1.82, 2.24) is 5.32 Å². The van der Waals surface area contributed by atoms with Gasteiger partial charge in [0.25, 0.3) is 0 Å². The molecule has 1 aliphatic rings. The largest absolute Gasteiger partial charge is 0.440 e. The quantitative estimate of drug-likeness (QED) is 0.423. The standard InChI is InChI=1S/C15H22F4N2O4/c1-13(2)4-10(21-9-22)5-14(3,6-13)7-20-12(23)24-8-15(18,19)25-11(16)17/h10-11H,4-8H2,1-3H3,(H,20,23). The zero-order valence-corrected chi connectivity index (χ0v) is 14.3. The van der Waals surface area contributed by atoms with E-state index in [0.717, 1.165) is 0 Å². The lowest BCUT2D eigenvalue weighted by Crippen LogP contribution is -2.45. The normalized spacial score (nSPS) is 26.0. The molecule has 10 heteroatoms. The smallest absolute Gasteiger partial charge is 0.407 e. The van der Waals surface area contributed by atoms with E-state index in [1.54, 1.807) is 0 Å². The lowest BCUT2D eigenvalue weighted by molar-refractivity contribution is -0.329. The van der Waals surface area contributed by atoms with Crippen molar-refractivity contribution < 1.29 is 36.6 Å². The van der Waals surface area contributed by atoms with Crippen LogP contribution in [0, 0.1) is 10.8 Å². The van der Waals surface area contributed by atoms with Crippen LogP contribution in [-0.4, -0.2) is 44.1 Å². The van der Waals surface area contributed by atoms with Crippen molar-refractivity contribution in [3.63, 3.8) is 0 Å². The molecule has 2 unspecified atom stereocenters. The van der Waals surface area contributed by atoms with Gasteiger partial charge in [0, 0.05) is 6.54 Å². The maximum atomic E-state index is 12.9. The SMILES string of the molecule is CC1(C)CC(N=C=O)CC(C)(CNC(=O)OCC(F)(F)OC(F)F)C1. The molecule has 25 heavy (non-hydrogen) atoms. The van der Waals surface area contributed by atoms with Gasteiger partial charge in [-0.15, -0.1) is 0 Å². The average Bonchev–Trinajstić information content (AvgIpc) is 2.40. The van der Waals surface area contributed by atoms with Gasteiger partial charge in [-0.05, 0) is 30.1 Å². The lowest BCUT2D eigenvalue weighted by atomic mass is 9.63. The van der Waals surface area contributed by atoms with E-state index in [1.807, 2.05) is 20.8 Å². The highest BCUT2D eigenvalue weighted by Gasteiger charge is 2.42. The van der Waals surface area contributed by atoms with Gasteiger partial charge >= 0.3 is 18.8 Å². The van der Waals surface area contributed by atoms with Crippen molar-refractivity contribution in [3.8, 4) is 0 Å². The predicted molar refractivity (Wildman–Crippen MR) is 79.0 cm³/mol. The summed E-state index contributed by atoms with van der Waals surface area (Å²) in [5, 5.41) is 2.34. The number of hydrogen-bond acceptors (Lipinski definition) is 5. The number of alkyl carbamates (subject to hydrolysis) is 1. The second kappa shape index (κ2) is 8.14. The van der Waals surface area contributed by atoms with Crippen LogP contribution in [-0.2, 0) is 14.3 Å². The van der Waals surface area contributed by atoms with Gasteiger partial charge in [0.1, 0.15) is 0 Å². The number of carbonyl (C=O) groups excluding carboxylic acids is 2. The van der Waals surface area contributed by atoms with E-state index in [0.29, 0.717) is 19.3 Å². The zero-order chi connectivity index (χ0) is 19.3.